The van der Waals surface area contributed by atoms with E-state index in [2.05, 4.69) is 4.74 Å². The van der Waals surface area contributed by atoms with Crippen LogP contribution in [0, 0.1) is 5.92 Å². The summed E-state index contributed by atoms with van der Waals surface area (Å²) in [5, 5.41) is 20.4. The van der Waals surface area contributed by atoms with Gasteiger partial charge >= 0.3 is 12.1 Å². The Balaban J connectivity index is 2.16. The molecule has 0 aromatic heterocycles. The summed E-state index contributed by atoms with van der Waals surface area (Å²) in [5.74, 6) is -1.11. The van der Waals surface area contributed by atoms with Crippen LogP contribution in [0.3, 0.4) is 0 Å². The van der Waals surface area contributed by atoms with Crippen LogP contribution in [0.2, 0.25) is 0 Å². The molecule has 1 heterocycles. The van der Waals surface area contributed by atoms with Gasteiger partial charge in [-0.2, -0.15) is 0 Å². The molecule has 1 aliphatic rings. The Morgan fingerprint density at radius 2 is 1.81 bits per heavy atom. The molecule has 0 spiro atoms. The Labute approximate surface area is 153 Å². The number of hydrogen-bond acceptors (Lipinski definition) is 6. The normalized spacial score (nSPS) is 23.5. The summed E-state index contributed by atoms with van der Waals surface area (Å²) in [5.41, 5.74) is 0.586. The first-order valence-electron chi connectivity index (χ1n) is 8.61. The lowest BCUT2D eigenvalue weighted by Gasteiger charge is -2.41. The largest absolute Gasteiger partial charge is 0.465 e. The Bertz CT molecular complexity index is 636. The van der Waals surface area contributed by atoms with Crippen molar-refractivity contribution in [3.05, 3.63) is 35.4 Å². The summed E-state index contributed by atoms with van der Waals surface area (Å²) in [7, 11) is 1.31. The van der Waals surface area contributed by atoms with Crippen LogP contribution in [0.5, 0.6) is 0 Å². The third-order valence-corrected chi connectivity index (χ3v) is 4.39. The van der Waals surface area contributed by atoms with Gasteiger partial charge < -0.3 is 24.6 Å². The highest BCUT2D eigenvalue weighted by atomic mass is 16.6. The molecule has 2 N–H and O–H groups in total. The number of rotatable bonds is 3. The van der Waals surface area contributed by atoms with Crippen molar-refractivity contribution in [2.45, 2.75) is 38.4 Å². The molecule has 3 atom stereocenters. The van der Waals surface area contributed by atoms with Crippen LogP contribution >= 0.6 is 0 Å². The van der Waals surface area contributed by atoms with Gasteiger partial charge in [-0.1, -0.05) is 12.1 Å². The van der Waals surface area contributed by atoms with Crippen molar-refractivity contribution < 1.29 is 29.3 Å². The molecule has 1 saturated heterocycles. The Hall–Kier alpha value is -2.12. The molecule has 2 rings (SSSR count). The predicted molar refractivity (Wildman–Crippen MR) is 94.9 cm³/mol. The highest BCUT2D eigenvalue weighted by molar-refractivity contribution is 5.89. The maximum absolute atomic E-state index is 12.3. The Kier molecular flexibility index (Phi) is 6.26. The monoisotopic (exact) mass is 365 g/mol. The molecular formula is C19H27NO6. The smallest absolute Gasteiger partial charge is 0.410 e. The average Bonchev–Trinajstić information content (AvgIpc) is 2.59. The molecular weight excluding hydrogens is 338 g/mol. The molecule has 1 aromatic carbocycles. The van der Waals surface area contributed by atoms with Gasteiger partial charge in [-0.3, -0.25) is 0 Å². The van der Waals surface area contributed by atoms with Crippen LogP contribution in [0.1, 0.15) is 42.6 Å². The van der Waals surface area contributed by atoms with Crippen molar-refractivity contribution in [2.24, 2.45) is 5.92 Å². The molecule has 0 unspecified atom stereocenters. The number of piperidine rings is 1. The topological polar surface area (TPSA) is 96.3 Å². The highest BCUT2D eigenvalue weighted by Gasteiger charge is 2.39. The summed E-state index contributed by atoms with van der Waals surface area (Å²) in [6.07, 6.45) is -1.35. The number of methoxy groups -OCH3 is 1. The maximum atomic E-state index is 12.3. The standard InChI is InChI=1S/C19H27NO6/c1-19(2,3)26-18(24)20-9-14(11-21)16(15(22)10-20)12-5-7-13(8-6-12)17(23)25-4/h5-8,14-16,21-22H,9-11H2,1-4H3/t14-,15-,16-/m0/s1. The number of aliphatic hydroxyl groups is 2. The van der Waals surface area contributed by atoms with Crippen LogP contribution in [0.4, 0.5) is 4.79 Å². The molecule has 0 radical (unpaired) electrons. The number of β-amino-alcohol motifs (C(OH)–C–C–N with tert-alkyl or cyclic N) is 1. The maximum Gasteiger partial charge on any atom is 0.410 e. The van der Waals surface area contributed by atoms with E-state index in [0.717, 1.165) is 5.56 Å². The number of nitrogens with zero attached hydrogens (tertiary/aromatic N) is 1. The van der Waals surface area contributed by atoms with E-state index in [1.165, 1.54) is 12.0 Å². The van der Waals surface area contributed by atoms with Gasteiger partial charge in [0.1, 0.15) is 5.60 Å². The molecule has 1 aromatic rings. The van der Waals surface area contributed by atoms with Crippen LogP contribution in [-0.4, -0.2) is 65.7 Å². The van der Waals surface area contributed by atoms with Crippen molar-refractivity contribution in [3.8, 4) is 0 Å². The zero-order valence-electron chi connectivity index (χ0n) is 15.6. The minimum absolute atomic E-state index is 0.120. The molecule has 0 bridgehead atoms. The number of amides is 1. The summed E-state index contributed by atoms with van der Waals surface area (Å²) in [6, 6.07) is 6.74. The summed E-state index contributed by atoms with van der Waals surface area (Å²) >= 11 is 0. The third kappa shape index (κ3) is 4.74. The highest BCUT2D eigenvalue weighted by Crippen LogP contribution is 2.34. The third-order valence-electron chi connectivity index (χ3n) is 4.39. The first-order valence-corrected chi connectivity index (χ1v) is 8.61. The van der Waals surface area contributed by atoms with Crippen molar-refractivity contribution in [3.63, 3.8) is 0 Å². The number of esters is 1. The summed E-state index contributed by atoms with van der Waals surface area (Å²) in [4.78, 5) is 25.3. The van der Waals surface area contributed by atoms with Gasteiger partial charge in [0, 0.05) is 25.0 Å². The van der Waals surface area contributed by atoms with E-state index in [9.17, 15) is 19.8 Å². The van der Waals surface area contributed by atoms with E-state index in [1.807, 2.05) is 0 Å². The number of aliphatic hydroxyl groups excluding tert-OH is 2. The SMILES string of the molecule is COC(=O)c1ccc([C@H]2[C@H](CO)CN(C(=O)OC(C)(C)C)C[C@@H]2O)cc1. The first kappa shape index (κ1) is 20.2. The van der Waals surface area contributed by atoms with Gasteiger partial charge in [0.05, 0.1) is 25.3 Å². The number of benzene rings is 1. The van der Waals surface area contributed by atoms with Crippen LogP contribution in [0.25, 0.3) is 0 Å². The van der Waals surface area contributed by atoms with Crippen molar-refractivity contribution in [1.29, 1.82) is 0 Å². The molecule has 26 heavy (non-hydrogen) atoms. The second-order valence-corrected chi connectivity index (χ2v) is 7.53. The lowest BCUT2D eigenvalue weighted by Crippen LogP contribution is -2.52. The quantitative estimate of drug-likeness (QED) is 0.793. The van der Waals surface area contributed by atoms with Crippen molar-refractivity contribution >= 4 is 12.1 Å². The second kappa shape index (κ2) is 8.05. The Morgan fingerprint density at radius 3 is 2.31 bits per heavy atom. The Morgan fingerprint density at radius 1 is 1.19 bits per heavy atom. The molecule has 0 saturated carbocycles. The van der Waals surface area contributed by atoms with E-state index >= 15 is 0 Å². The van der Waals surface area contributed by atoms with E-state index in [4.69, 9.17) is 4.74 Å². The first-order chi connectivity index (χ1) is 12.2. The number of carbonyl (C=O) groups is 2. The lowest BCUT2D eigenvalue weighted by molar-refractivity contribution is -0.0245. The van der Waals surface area contributed by atoms with Crippen molar-refractivity contribution in [2.75, 3.05) is 26.8 Å². The molecule has 1 fully saturated rings. The van der Waals surface area contributed by atoms with E-state index in [0.29, 0.717) is 5.56 Å². The van der Waals surface area contributed by atoms with Gasteiger partial charge in [-0.05, 0) is 38.5 Å². The van der Waals surface area contributed by atoms with Gasteiger partial charge in [0.15, 0.2) is 0 Å². The second-order valence-electron chi connectivity index (χ2n) is 7.53. The minimum Gasteiger partial charge on any atom is -0.465 e. The van der Waals surface area contributed by atoms with Crippen LogP contribution in [-0.2, 0) is 9.47 Å². The number of carbonyl (C=O) groups excluding carboxylic acids is 2. The lowest BCUT2D eigenvalue weighted by atomic mass is 9.79. The van der Waals surface area contributed by atoms with Gasteiger partial charge in [0.25, 0.3) is 0 Å². The fraction of sp³-hybridized carbons (Fsp3) is 0.579. The number of hydrogen-bond donors (Lipinski definition) is 2. The van der Waals surface area contributed by atoms with Gasteiger partial charge in [-0.25, -0.2) is 9.59 Å². The summed E-state index contributed by atoms with van der Waals surface area (Å²) < 4.78 is 10.0. The fourth-order valence-corrected chi connectivity index (χ4v) is 3.23. The van der Waals surface area contributed by atoms with Gasteiger partial charge in [0.2, 0.25) is 0 Å². The van der Waals surface area contributed by atoms with Crippen LogP contribution < -0.4 is 0 Å². The molecule has 144 valence electrons. The molecule has 7 nitrogen and oxygen atoms in total. The molecule has 1 aliphatic heterocycles. The number of ether oxygens (including phenoxy) is 2. The predicted octanol–water partition coefficient (Wildman–Crippen LogP) is 1.78. The molecule has 0 aliphatic carbocycles. The summed E-state index contributed by atoms with van der Waals surface area (Å²) in [6.45, 7) is 5.56. The van der Waals surface area contributed by atoms with Crippen LogP contribution in [0.15, 0.2) is 24.3 Å². The van der Waals surface area contributed by atoms with Crippen molar-refractivity contribution in [1.82, 2.24) is 4.90 Å². The molecule has 7 heteroatoms. The van der Waals surface area contributed by atoms with E-state index in [1.54, 1.807) is 45.0 Å². The fourth-order valence-electron chi connectivity index (χ4n) is 3.23. The van der Waals surface area contributed by atoms with E-state index in [-0.39, 0.29) is 31.5 Å². The average molecular weight is 365 g/mol. The van der Waals surface area contributed by atoms with Gasteiger partial charge in [-0.15, -0.1) is 0 Å². The zero-order chi connectivity index (χ0) is 19.5. The number of likely N-dealkylation sites (tertiary alicyclic amines) is 1. The molecule has 1 amide bonds. The van der Waals surface area contributed by atoms with E-state index < -0.39 is 23.8 Å². The zero-order valence-corrected chi connectivity index (χ0v) is 15.6. The minimum atomic E-state index is -0.850.